The Labute approximate surface area is 118 Å². The monoisotopic (exact) mass is 331 g/mol. The van der Waals surface area contributed by atoms with E-state index in [4.69, 9.17) is 5.11 Å². The first-order chi connectivity index (χ1) is 8.54. The van der Waals surface area contributed by atoms with Crippen LogP contribution < -0.4 is 5.32 Å². The van der Waals surface area contributed by atoms with Crippen LogP contribution in [0.4, 0.5) is 0 Å². The molecule has 1 rings (SSSR count). The lowest BCUT2D eigenvalue weighted by atomic mass is 10.2. The minimum Gasteiger partial charge on any atom is -0.478 e. The fourth-order valence-electron chi connectivity index (χ4n) is 1.31. The molecule has 0 aromatic heterocycles. The molecular formula is C12H14BrNO3S. The van der Waals surface area contributed by atoms with Crippen LogP contribution in [0.15, 0.2) is 27.6 Å². The van der Waals surface area contributed by atoms with E-state index in [0.29, 0.717) is 23.2 Å². The van der Waals surface area contributed by atoms with E-state index in [9.17, 15) is 9.59 Å². The molecule has 18 heavy (non-hydrogen) atoms. The van der Waals surface area contributed by atoms with Crippen LogP contribution in [0.1, 0.15) is 23.7 Å². The van der Waals surface area contributed by atoms with E-state index in [2.05, 4.69) is 21.2 Å². The van der Waals surface area contributed by atoms with Gasteiger partial charge >= 0.3 is 5.97 Å². The Bertz CT molecular complexity index is 451. The number of nitrogens with one attached hydrogen (secondary N) is 1. The minimum absolute atomic E-state index is 0.0144. The topological polar surface area (TPSA) is 66.4 Å². The Hall–Kier alpha value is -1.01. The summed E-state index contributed by atoms with van der Waals surface area (Å²) < 4.78 is 0.558. The summed E-state index contributed by atoms with van der Waals surface area (Å²) in [4.78, 5) is 23.0. The van der Waals surface area contributed by atoms with Crippen LogP contribution >= 0.6 is 27.7 Å². The number of rotatable bonds is 6. The minimum atomic E-state index is -0.965. The van der Waals surface area contributed by atoms with E-state index in [0.717, 1.165) is 4.90 Å². The standard InChI is InChI=1S/C12H14BrNO3S/c1-2-14-11(15)5-6-18-8-3-4-10(13)9(7-8)12(16)17/h3-4,7H,2,5-6H2,1H3,(H,14,15)(H,16,17). The summed E-state index contributed by atoms with van der Waals surface area (Å²) in [6.07, 6.45) is 0.428. The molecule has 0 saturated carbocycles. The van der Waals surface area contributed by atoms with Crippen LogP contribution in [-0.4, -0.2) is 29.3 Å². The largest absolute Gasteiger partial charge is 0.478 e. The molecule has 2 N–H and O–H groups in total. The zero-order valence-electron chi connectivity index (χ0n) is 9.90. The fourth-order valence-corrected chi connectivity index (χ4v) is 2.61. The molecule has 0 saturated heterocycles. The van der Waals surface area contributed by atoms with Gasteiger partial charge in [0.15, 0.2) is 0 Å². The van der Waals surface area contributed by atoms with Crippen LogP contribution in [-0.2, 0) is 4.79 Å². The zero-order valence-corrected chi connectivity index (χ0v) is 12.3. The maximum absolute atomic E-state index is 11.2. The highest BCUT2D eigenvalue weighted by Gasteiger charge is 2.09. The Balaban J connectivity index is 2.55. The summed E-state index contributed by atoms with van der Waals surface area (Å²) in [5.74, 6) is -0.319. The van der Waals surface area contributed by atoms with Crippen molar-refractivity contribution in [1.29, 1.82) is 0 Å². The highest BCUT2D eigenvalue weighted by molar-refractivity contribution is 9.10. The lowest BCUT2D eigenvalue weighted by molar-refractivity contribution is -0.120. The lowest BCUT2D eigenvalue weighted by Crippen LogP contribution is -2.22. The van der Waals surface area contributed by atoms with Gasteiger partial charge in [-0.2, -0.15) is 0 Å². The van der Waals surface area contributed by atoms with Gasteiger partial charge < -0.3 is 10.4 Å². The molecule has 0 unspecified atom stereocenters. The number of carboxylic acids is 1. The van der Waals surface area contributed by atoms with Crippen LogP contribution in [0, 0.1) is 0 Å². The molecule has 0 bridgehead atoms. The van der Waals surface area contributed by atoms with E-state index in [1.165, 1.54) is 11.8 Å². The highest BCUT2D eigenvalue weighted by atomic mass is 79.9. The van der Waals surface area contributed by atoms with Gasteiger partial charge in [-0.05, 0) is 41.1 Å². The first kappa shape index (κ1) is 15.0. The van der Waals surface area contributed by atoms with Crippen molar-refractivity contribution >= 4 is 39.6 Å². The molecule has 98 valence electrons. The Morgan fingerprint density at radius 1 is 1.44 bits per heavy atom. The van der Waals surface area contributed by atoms with E-state index >= 15 is 0 Å². The molecule has 1 amide bonds. The first-order valence-corrected chi connectivity index (χ1v) is 7.24. The number of hydrogen-bond acceptors (Lipinski definition) is 3. The molecule has 0 aliphatic rings. The molecule has 0 spiro atoms. The predicted molar refractivity (Wildman–Crippen MR) is 75.1 cm³/mol. The number of hydrogen-bond donors (Lipinski definition) is 2. The van der Waals surface area contributed by atoms with Gasteiger partial charge in [-0.25, -0.2) is 4.79 Å². The van der Waals surface area contributed by atoms with E-state index in [1.807, 2.05) is 13.0 Å². The Kier molecular flexibility index (Phi) is 6.21. The second kappa shape index (κ2) is 7.43. The van der Waals surface area contributed by atoms with E-state index < -0.39 is 5.97 Å². The van der Waals surface area contributed by atoms with Crippen molar-refractivity contribution in [1.82, 2.24) is 5.32 Å². The van der Waals surface area contributed by atoms with Gasteiger partial charge in [-0.15, -0.1) is 11.8 Å². The number of halogens is 1. The maximum atomic E-state index is 11.2. The molecule has 6 heteroatoms. The van der Waals surface area contributed by atoms with Crippen molar-refractivity contribution in [2.24, 2.45) is 0 Å². The molecular weight excluding hydrogens is 318 g/mol. The number of thioether (sulfide) groups is 1. The Morgan fingerprint density at radius 3 is 2.78 bits per heavy atom. The van der Waals surface area contributed by atoms with Gasteiger partial charge in [0.1, 0.15) is 0 Å². The predicted octanol–water partition coefficient (Wildman–Crippen LogP) is 2.77. The smallest absolute Gasteiger partial charge is 0.336 e. The molecule has 0 aliphatic heterocycles. The number of amides is 1. The van der Waals surface area contributed by atoms with Crippen molar-refractivity contribution in [2.75, 3.05) is 12.3 Å². The quantitative estimate of drug-likeness (QED) is 0.786. The summed E-state index contributed by atoms with van der Waals surface area (Å²) in [6, 6.07) is 5.14. The van der Waals surface area contributed by atoms with Crippen molar-refractivity contribution in [3.63, 3.8) is 0 Å². The first-order valence-electron chi connectivity index (χ1n) is 5.47. The molecule has 0 atom stereocenters. The maximum Gasteiger partial charge on any atom is 0.336 e. The summed E-state index contributed by atoms with van der Waals surface area (Å²) in [5.41, 5.74) is 0.234. The van der Waals surface area contributed by atoms with E-state index in [1.54, 1.807) is 12.1 Å². The van der Waals surface area contributed by atoms with Crippen molar-refractivity contribution in [3.05, 3.63) is 28.2 Å². The summed E-state index contributed by atoms with van der Waals surface area (Å²) in [7, 11) is 0. The molecule has 1 aromatic carbocycles. The van der Waals surface area contributed by atoms with Crippen molar-refractivity contribution in [2.45, 2.75) is 18.2 Å². The number of benzene rings is 1. The normalized spacial score (nSPS) is 10.1. The second-order valence-corrected chi connectivity index (χ2v) is 5.52. The SMILES string of the molecule is CCNC(=O)CCSc1ccc(Br)c(C(=O)O)c1. The molecule has 0 radical (unpaired) electrons. The molecule has 0 heterocycles. The van der Waals surface area contributed by atoms with Gasteiger partial charge in [-0.1, -0.05) is 0 Å². The third kappa shape index (κ3) is 4.70. The third-order valence-electron chi connectivity index (χ3n) is 2.14. The number of carbonyl (C=O) groups is 2. The fraction of sp³-hybridized carbons (Fsp3) is 0.333. The molecule has 0 fully saturated rings. The van der Waals surface area contributed by atoms with E-state index in [-0.39, 0.29) is 11.5 Å². The highest BCUT2D eigenvalue weighted by Crippen LogP contribution is 2.25. The van der Waals surface area contributed by atoms with Gasteiger partial charge in [0.2, 0.25) is 5.91 Å². The van der Waals surface area contributed by atoms with Gasteiger partial charge in [0, 0.05) is 28.1 Å². The lowest BCUT2D eigenvalue weighted by Gasteiger charge is -2.05. The van der Waals surface area contributed by atoms with Gasteiger partial charge in [0.25, 0.3) is 0 Å². The van der Waals surface area contributed by atoms with Gasteiger partial charge in [0.05, 0.1) is 5.56 Å². The number of carboxylic acid groups (broad SMARTS) is 1. The summed E-state index contributed by atoms with van der Waals surface area (Å²) in [6.45, 7) is 2.50. The average molecular weight is 332 g/mol. The third-order valence-corrected chi connectivity index (χ3v) is 3.83. The van der Waals surface area contributed by atoms with Crippen LogP contribution in [0.5, 0.6) is 0 Å². The Morgan fingerprint density at radius 2 is 2.17 bits per heavy atom. The number of aromatic carboxylic acids is 1. The van der Waals surface area contributed by atoms with Crippen molar-refractivity contribution in [3.8, 4) is 0 Å². The van der Waals surface area contributed by atoms with Crippen LogP contribution in [0.25, 0.3) is 0 Å². The summed E-state index contributed by atoms with van der Waals surface area (Å²) >= 11 is 4.66. The van der Waals surface area contributed by atoms with Gasteiger partial charge in [-0.3, -0.25) is 4.79 Å². The average Bonchev–Trinajstić information content (AvgIpc) is 2.31. The zero-order chi connectivity index (χ0) is 13.5. The summed E-state index contributed by atoms with van der Waals surface area (Å²) in [5, 5.41) is 11.7. The second-order valence-electron chi connectivity index (χ2n) is 3.50. The molecule has 4 nitrogen and oxygen atoms in total. The molecule has 1 aromatic rings. The van der Waals surface area contributed by atoms with Crippen LogP contribution in [0.2, 0.25) is 0 Å². The van der Waals surface area contributed by atoms with Crippen molar-refractivity contribution < 1.29 is 14.7 Å². The molecule has 0 aliphatic carbocycles. The number of carbonyl (C=O) groups excluding carboxylic acids is 1. The van der Waals surface area contributed by atoms with Crippen LogP contribution in [0.3, 0.4) is 0 Å².